The number of hydrogen-bond donors (Lipinski definition) is 2. The smallest absolute Gasteiger partial charge is 0.242 e. The normalized spacial score (nSPS) is 15.1. The van der Waals surface area contributed by atoms with Crippen LogP contribution in [0.5, 0.6) is 0 Å². The Kier molecular flexibility index (Phi) is 5.72. The molecule has 1 rings (SSSR count). The summed E-state index contributed by atoms with van der Waals surface area (Å²) in [4.78, 5) is 3.66. The zero-order valence-electron chi connectivity index (χ0n) is 10.6. The fourth-order valence-corrected chi connectivity index (χ4v) is 3.48. The van der Waals surface area contributed by atoms with Crippen LogP contribution in [0, 0.1) is 0 Å². The number of hydrogen-bond acceptors (Lipinski definition) is 5. The number of nitrogens with one attached hydrogen (secondary N) is 1. The van der Waals surface area contributed by atoms with Gasteiger partial charge in [-0.15, -0.1) is 0 Å². The number of halogens is 1. The highest BCUT2D eigenvalue weighted by Crippen LogP contribution is 2.19. The number of sulfonamides is 1. The maximum absolute atomic E-state index is 12.0. The molecule has 0 bridgehead atoms. The molecule has 0 aromatic carbocycles. The summed E-state index contributed by atoms with van der Waals surface area (Å²) in [6.07, 6.45) is 3.21. The van der Waals surface area contributed by atoms with Gasteiger partial charge in [-0.25, -0.2) is 18.1 Å². The summed E-state index contributed by atoms with van der Waals surface area (Å²) in [5, 5.41) is 0.0881. The van der Waals surface area contributed by atoms with Crippen LogP contribution in [-0.2, 0) is 20.8 Å². The minimum absolute atomic E-state index is 0.0452. The summed E-state index contributed by atoms with van der Waals surface area (Å²) >= 11 is 5.74. The fraction of sp³-hybridized carbons (Fsp3) is 0.500. The largest absolute Gasteiger partial charge is 0.382 e. The van der Waals surface area contributed by atoms with Crippen LogP contribution in [-0.4, -0.2) is 35.7 Å². The van der Waals surface area contributed by atoms with Crippen LogP contribution in [0.15, 0.2) is 17.2 Å². The molecule has 1 aromatic heterocycles. The zero-order valence-corrected chi connectivity index (χ0v) is 13.0. The zero-order chi connectivity index (χ0) is 14.6. The first-order chi connectivity index (χ1) is 8.72. The molecular formula is C10H16ClN3O3S2. The average molecular weight is 326 g/mol. The van der Waals surface area contributed by atoms with Crippen molar-refractivity contribution in [2.24, 2.45) is 0 Å². The second-order valence-electron chi connectivity index (χ2n) is 4.13. The van der Waals surface area contributed by atoms with Crippen LogP contribution < -0.4 is 10.5 Å². The Morgan fingerprint density at radius 3 is 2.74 bits per heavy atom. The Bertz CT molecular complexity index is 577. The summed E-state index contributed by atoms with van der Waals surface area (Å²) in [6, 6.07) is 0.918. The molecule has 0 spiro atoms. The Morgan fingerprint density at radius 2 is 2.21 bits per heavy atom. The van der Waals surface area contributed by atoms with Gasteiger partial charge in [0.1, 0.15) is 10.7 Å². The quantitative estimate of drug-likeness (QED) is 0.803. The molecule has 2 unspecified atom stereocenters. The molecule has 9 heteroatoms. The van der Waals surface area contributed by atoms with Crippen molar-refractivity contribution in [1.29, 1.82) is 0 Å². The Balaban J connectivity index is 2.80. The van der Waals surface area contributed by atoms with Crippen molar-refractivity contribution >= 4 is 38.2 Å². The monoisotopic (exact) mass is 325 g/mol. The maximum Gasteiger partial charge on any atom is 0.242 e. The highest BCUT2D eigenvalue weighted by Gasteiger charge is 2.19. The number of anilines is 1. The van der Waals surface area contributed by atoms with E-state index in [4.69, 9.17) is 17.3 Å². The van der Waals surface area contributed by atoms with Crippen molar-refractivity contribution in [1.82, 2.24) is 9.71 Å². The molecule has 0 fully saturated rings. The van der Waals surface area contributed by atoms with E-state index in [0.29, 0.717) is 12.2 Å². The van der Waals surface area contributed by atoms with Gasteiger partial charge in [-0.1, -0.05) is 11.6 Å². The summed E-state index contributed by atoms with van der Waals surface area (Å²) in [7, 11) is -4.65. The van der Waals surface area contributed by atoms with Crippen molar-refractivity contribution < 1.29 is 12.6 Å². The van der Waals surface area contributed by atoms with Crippen LogP contribution in [0.4, 0.5) is 5.82 Å². The lowest BCUT2D eigenvalue weighted by molar-refractivity contribution is 0.555. The van der Waals surface area contributed by atoms with Gasteiger partial charge in [0.15, 0.2) is 0 Å². The van der Waals surface area contributed by atoms with Crippen LogP contribution in [0.25, 0.3) is 0 Å². The maximum atomic E-state index is 12.0. The van der Waals surface area contributed by atoms with Crippen molar-refractivity contribution in [2.75, 3.05) is 17.7 Å². The number of pyridine rings is 1. The molecule has 1 heterocycles. The second kappa shape index (κ2) is 6.65. The molecule has 108 valence electrons. The van der Waals surface area contributed by atoms with Crippen LogP contribution >= 0.6 is 11.6 Å². The van der Waals surface area contributed by atoms with Gasteiger partial charge in [0.2, 0.25) is 10.0 Å². The number of nitrogen functional groups attached to an aromatic ring is 1. The van der Waals surface area contributed by atoms with E-state index in [9.17, 15) is 12.6 Å². The molecule has 0 saturated carbocycles. The van der Waals surface area contributed by atoms with E-state index in [1.165, 1.54) is 6.07 Å². The van der Waals surface area contributed by atoms with Gasteiger partial charge in [0.25, 0.3) is 0 Å². The van der Waals surface area contributed by atoms with E-state index >= 15 is 0 Å². The molecule has 0 aliphatic heterocycles. The van der Waals surface area contributed by atoms with Crippen molar-refractivity contribution in [3.05, 3.63) is 17.3 Å². The first-order valence-electron chi connectivity index (χ1n) is 5.45. The topological polar surface area (TPSA) is 102 Å². The van der Waals surface area contributed by atoms with E-state index in [2.05, 4.69) is 9.71 Å². The molecular weight excluding hydrogens is 310 g/mol. The standard InChI is InChI=1S/C10H16ClN3O3S2/c1-7(3-4-18(2)15)14-19(16,17)8-5-9(11)10(12)13-6-8/h5-7,14H,3-4H2,1-2H3,(H2,12,13). The molecule has 2 atom stereocenters. The number of nitrogens with zero attached hydrogens (tertiary/aromatic N) is 1. The lowest BCUT2D eigenvalue weighted by atomic mass is 10.3. The van der Waals surface area contributed by atoms with Crippen molar-refractivity contribution in [3.8, 4) is 0 Å². The van der Waals surface area contributed by atoms with E-state index in [1.54, 1.807) is 13.2 Å². The number of rotatable bonds is 6. The van der Waals surface area contributed by atoms with Gasteiger partial charge in [-0.2, -0.15) is 0 Å². The predicted octanol–water partition coefficient (Wildman–Crippen LogP) is 0.753. The van der Waals surface area contributed by atoms with Gasteiger partial charge in [0.05, 0.1) is 5.02 Å². The molecule has 0 aliphatic rings. The third-order valence-electron chi connectivity index (χ3n) is 2.35. The number of nitrogens with two attached hydrogens (primary N) is 1. The van der Waals surface area contributed by atoms with Gasteiger partial charge in [-0.05, 0) is 19.4 Å². The third kappa shape index (κ3) is 5.06. The first kappa shape index (κ1) is 16.4. The Labute approximate surface area is 120 Å². The van der Waals surface area contributed by atoms with E-state index in [0.717, 1.165) is 6.20 Å². The number of aromatic nitrogens is 1. The molecule has 3 N–H and O–H groups in total. The van der Waals surface area contributed by atoms with E-state index < -0.39 is 20.8 Å². The lowest BCUT2D eigenvalue weighted by Crippen LogP contribution is -2.33. The third-order valence-corrected chi connectivity index (χ3v) is 5.02. The molecule has 0 radical (unpaired) electrons. The fourth-order valence-electron chi connectivity index (χ4n) is 1.31. The van der Waals surface area contributed by atoms with E-state index in [-0.39, 0.29) is 21.8 Å². The summed E-state index contributed by atoms with van der Waals surface area (Å²) < 4.78 is 37.5. The van der Waals surface area contributed by atoms with Gasteiger partial charge < -0.3 is 5.73 Å². The predicted molar refractivity (Wildman–Crippen MR) is 77.0 cm³/mol. The van der Waals surface area contributed by atoms with Crippen molar-refractivity contribution in [3.63, 3.8) is 0 Å². The summed E-state index contributed by atoms with van der Waals surface area (Å²) in [5.74, 6) is 0.514. The van der Waals surface area contributed by atoms with Crippen LogP contribution in [0.2, 0.25) is 5.02 Å². The molecule has 19 heavy (non-hydrogen) atoms. The Hall–Kier alpha value is -0.700. The van der Waals surface area contributed by atoms with Gasteiger partial charge >= 0.3 is 0 Å². The average Bonchev–Trinajstić information content (AvgIpc) is 2.29. The highest BCUT2D eigenvalue weighted by atomic mass is 35.5. The first-order valence-corrected chi connectivity index (χ1v) is 9.04. The molecule has 0 aliphatic carbocycles. The Morgan fingerprint density at radius 1 is 1.58 bits per heavy atom. The van der Waals surface area contributed by atoms with Gasteiger partial charge in [-0.3, -0.25) is 4.21 Å². The van der Waals surface area contributed by atoms with Crippen LogP contribution in [0.3, 0.4) is 0 Å². The summed E-state index contributed by atoms with van der Waals surface area (Å²) in [5.41, 5.74) is 5.42. The molecule has 1 aromatic rings. The molecule has 6 nitrogen and oxygen atoms in total. The molecule has 0 saturated heterocycles. The van der Waals surface area contributed by atoms with Gasteiger partial charge in [0, 0.05) is 35.0 Å². The van der Waals surface area contributed by atoms with Crippen LogP contribution in [0.1, 0.15) is 13.3 Å². The minimum atomic E-state index is -3.70. The lowest BCUT2D eigenvalue weighted by Gasteiger charge is -2.13. The second-order valence-corrected chi connectivity index (χ2v) is 7.80. The van der Waals surface area contributed by atoms with Crippen molar-refractivity contribution in [2.45, 2.75) is 24.3 Å². The SMILES string of the molecule is CC(CCS(C)=O)NS(=O)(=O)c1cnc(N)c(Cl)c1. The summed E-state index contributed by atoms with van der Waals surface area (Å²) in [6.45, 7) is 1.71. The van der Waals surface area contributed by atoms with E-state index in [1.807, 2.05) is 0 Å². The minimum Gasteiger partial charge on any atom is -0.382 e. The molecule has 0 amide bonds. The highest BCUT2D eigenvalue weighted by molar-refractivity contribution is 7.89.